The van der Waals surface area contributed by atoms with Crippen molar-refractivity contribution >= 4 is 38.9 Å². The van der Waals surface area contributed by atoms with E-state index in [1.54, 1.807) is 31.2 Å². The molecule has 8 heteroatoms. The molecule has 0 amide bonds. The zero-order chi connectivity index (χ0) is 15.6. The van der Waals surface area contributed by atoms with Crippen molar-refractivity contribution in [1.82, 2.24) is 4.72 Å². The van der Waals surface area contributed by atoms with E-state index in [0.717, 1.165) is 17.4 Å². The van der Waals surface area contributed by atoms with Gasteiger partial charge < -0.3 is 5.11 Å². The number of aromatic carboxylic acids is 1. The molecule has 0 spiro atoms. The zero-order valence-corrected chi connectivity index (χ0v) is 13.3. The highest BCUT2D eigenvalue weighted by Gasteiger charge is 2.22. The minimum atomic E-state index is -3.78. The van der Waals surface area contributed by atoms with E-state index < -0.39 is 16.0 Å². The summed E-state index contributed by atoms with van der Waals surface area (Å²) < 4.78 is 26.9. The lowest BCUT2D eigenvalue weighted by atomic mass is 10.2. The van der Waals surface area contributed by atoms with Crippen LogP contribution in [0.3, 0.4) is 0 Å². The van der Waals surface area contributed by atoms with Crippen LogP contribution in [-0.2, 0) is 16.6 Å². The number of sulfonamides is 1. The molecule has 1 heterocycles. The van der Waals surface area contributed by atoms with Crippen LogP contribution in [0.5, 0.6) is 0 Å². The van der Waals surface area contributed by atoms with E-state index in [0.29, 0.717) is 15.5 Å². The summed E-state index contributed by atoms with van der Waals surface area (Å²) in [7, 11) is -3.78. The monoisotopic (exact) mass is 345 g/mol. The summed E-state index contributed by atoms with van der Waals surface area (Å²) >= 11 is 6.89. The van der Waals surface area contributed by atoms with Gasteiger partial charge in [-0.15, -0.1) is 11.3 Å². The number of hydrogen-bond acceptors (Lipinski definition) is 4. The number of benzene rings is 1. The Bertz CT molecular complexity index is 783. The van der Waals surface area contributed by atoms with Gasteiger partial charge in [-0.05, 0) is 24.6 Å². The molecule has 1 aromatic heterocycles. The van der Waals surface area contributed by atoms with Gasteiger partial charge in [0.05, 0.1) is 4.90 Å². The summed E-state index contributed by atoms with van der Waals surface area (Å²) in [4.78, 5) is 11.3. The first-order chi connectivity index (χ1) is 9.81. The number of rotatable bonds is 5. The van der Waals surface area contributed by atoms with Crippen LogP contribution < -0.4 is 4.72 Å². The molecule has 0 saturated carbocycles. The molecular formula is C13H12ClNO4S2. The van der Waals surface area contributed by atoms with E-state index in [-0.39, 0.29) is 16.3 Å². The molecule has 0 radical (unpaired) electrons. The molecule has 0 aliphatic carbocycles. The van der Waals surface area contributed by atoms with Gasteiger partial charge in [0.1, 0.15) is 4.88 Å². The summed E-state index contributed by atoms with van der Waals surface area (Å²) in [6.45, 7) is 1.61. The van der Waals surface area contributed by atoms with Crippen molar-refractivity contribution in [3.63, 3.8) is 0 Å². The molecule has 112 valence electrons. The average molecular weight is 346 g/mol. The molecule has 2 rings (SSSR count). The van der Waals surface area contributed by atoms with Crippen LogP contribution >= 0.6 is 22.9 Å². The van der Waals surface area contributed by atoms with Crippen molar-refractivity contribution in [3.05, 3.63) is 50.7 Å². The molecule has 0 atom stereocenters. The molecule has 2 aromatic rings. The van der Waals surface area contributed by atoms with Gasteiger partial charge in [-0.1, -0.05) is 29.8 Å². The number of hydrogen-bond donors (Lipinski definition) is 2. The fourth-order valence-corrected chi connectivity index (χ4v) is 4.37. The molecule has 21 heavy (non-hydrogen) atoms. The van der Waals surface area contributed by atoms with Crippen LogP contribution in [0.15, 0.2) is 35.2 Å². The second kappa shape index (κ2) is 6.15. The summed E-state index contributed by atoms with van der Waals surface area (Å²) in [6, 6.07) is 8.06. The Morgan fingerprint density at radius 3 is 2.62 bits per heavy atom. The number of carboxylic acid groups (broad SMARTS) is 1. The maximum Gasteiger partial charge on any atom is 0.345 e. The predicted octanol–water partition coefficient (Wildman–Crippen LogP) is 2.89. The summed E-state index contributed by atoms with van der Waals surface area (Å²) in [5.41, 5.74) is 0.647. The van der Waals surface area contributed by atoms with E-state index >= 15 is 0 Å². The third-order valence-corrected chi connectivity index (χ3v) is 5.85. The molecular weight excluding hydrogens is 334 g/mol. The Morgan fingerprint density at radius 2 is 2.05 bits per heavy atom. The molecule has 1 aromatic carbocycles. The van der Waals surface area contributed by atoms with Gasteiger partial charge in [-0.2, -0.15) is 0 Å². The minimum Gasteiger partial charge on any atom is -0.477 e. The second-order valence-corrected chi connectivity index (χ2v) is 7.65. The van der Waals surface area contributed by atoms with Crippen molar-refractivity contribution in [1.29, 1.82) is 0 Å². The molecule has 0 aliphatic heterocycles. The van der Waals surface area contributed by atoms with Crippen molar-refractivity contribution in [2.75, 3.05) is 0 Å². The molecule has 5 nitrogen and oxygen atoms in total. The molecule has 0 aliphatic rings. The molecule has 0 unspecified atom stereocenters. The number of carbonyl (C=O) groups is 1. The van der Waals surface area contributed by atoms with Gasteiger partial charge in [0.25, 0.3) is 0 Å². The van der Waals surface area contributed by atoms with Crippen molar-refractivity contribution in [2.45, 2.75) is 18.4 Å². The molecule has 2 N–H and O–H groups in total. The Hall–Kier alpha value is -1.41. The fraction of sp³-hybridized carbons (Fsp3) is 0.154. The van der Waals surface area contributed by atoms with E-state index in [2.05, 4.69) is 4.72 Å². The lowest BCUT2D eigenvalue weighted by molar-refractivity contribution is 0.0702. The lowest BCUT2D eigenvalue weighted by Crippen LogP contribution is -2.23. The summed E-state index contributed by atoms with van der Waals surface area (Å²) in [6.07, 6.45) is 0. The first-order valence-corrected chi connectivity index (χ1v) is 8.56. The van der Waals surface area contributed by atoms with Crippen LogP contribution in [0.2, 0.25) is 5.02 Å². The van der Waals surface area contributed by atoms with Gasteiger partial charge in [0.2, 0.25) is 10.0 Å². The standard InChI is InChI=1S/C13H12ClNO4S2/c1-8-12(6-11(20-8)13(16)17)21(18,19)15-7-9-4-2-3-5-10(9)14/h2-6,15H,7H2,1H3,(H,16,17). The van der Waals surface area contributed by atoms with Gasteiger partial charge in [-0.25, -0.2) is 17.9 Å². The normalized spacial score (nSPS) is 11.5. The minimum absolute atomic E-state index is 0.00869. The smallest absolute Gasteiger partial charge is 0.345 e. The number of aryl methyl sites for hydroxylation is 1. The fourth-order valence-electron chi connectivity index (χ4n) is 1.73. The van der Waals surface area contributed by atoms with E-state index in [1.807, 2.05) is 0 Å². The van der Waals surface area contributed by atoms with Crippen molar-refractivity contribution in [3.8, 4) is 0 Å². The van der Waals surface area contributed by atoms with Crippen LogP contribution in [-0.4, -0.2) is 19.5 Å². The second-order valence-electron chi connectivity index (χ2n) is 4.25. The first-order valence-electron chi connectivity index (χ1n) is 5.88. The highest BCUT2D eigenvalue weighted by molar-refractivity contribution is 7.89. The van der Waals surface area contributed by atoms with Crippen LogP contribution in [0.1, 0.15) is 20.1 Å². The molecule has 0 saturated heterocycles. The van der Waals surface area contributed by atoms with E-state index in [4.69, 9.17) is 16.7 Å². The number of carboxylic acids is 1. The topological polar surface area (TPSA) is 83.5 Å². The predicted molar refractivity (Wildman–Crippen MR) is 81.5 cm³/mol. The van der Waals surface area contributed by atoms with Crippen LogP contribution in [0.25, 0.3) is 0 Å². The van der Waals surface area contributed by atoms with Crippen LogP contribution in [0.4, 0.5) is 0 Å². The van der Waals surface area contributed by atoms with E-state index in [1.165, 1.54) is 0 Å². The SMILES string of the molecule is Cc1sc(C(=O)O)cc1S(=O)(=O)NCc1ccccc1Cl. The van der Waals surface area contributed by atoms with Gasteiger partial charge >= 0.3 is 5.97 Å². The maximum absolute atomic E-state index is 12.2. The van der Waals surface area contributed by atoms with Gasteiger partial charge in [0.15, 0.2) is 0 Å². The Balaban J connectivity index is 2.23. The average Bonchev–Trinajstić information content (AvgIpc) is 2.81. The Morgan fingerprint density at radius 1 is 1.38 bits per heavy atom. The molecule has 0 fully saturated rings. The lowest BCUT2D eigenvalue weighted by Gasteiger charge is -2.07. The summed E-state index contributed by atoms with van der Waals surface area (Å²) in [5, 5.41) is 9.38. The van der Waals surface area contributed by atoms with Gasteiger partial charge in [0, 0.05) is 16.4 Å². The summed E-state index contributed by atoms with van der Waals surface area (Å²) in [5.74, 6) is -1.14. The maximum atomic E-state index is 12.2. The Kier molecular flexibility index (Phi) is 4.67. The zero-order valence-electron chi connectivity index (χ0n) is 11.0. The van der Waals surface area contributed by atoms with Crippen molar-refractivity contribution < 1.29 is 18.3 Å². The first kappa shape index (κ1) is 16.0. The number of thiophene rings is 1. The molecule has 0 bridgehead atoms. The highest BCUT2D eigenvalue weighted by atomic mass is 35.5. The Labute approximate surface area is 131 Å². The third-order valence-electron chi connectivity index (χ3n) is 2.78. The number of halogens is 1. The van der Waals surface area contributed by atoms with E-state index in [9.17, 15) is 13.2 Å². The van der Waals surface area contributed by atoms with Gasteiger partial charge in [-0.3, -0.25) is 0 Å². The van der Waals surface area contributed by atoms with Crippen molar-refractivity contribution in [2.24, 2.45) is 0 Å². The largest absolute Gasteiger partial charge is 0.477 e. The third kappa shape index (κ3) is 3.62. The quantitative estimate of drug-likeness (QED) is 0.872. The number of nitrogens with one attached hydrogen (secondary N) is 1. The highest BCUT2D eigenvalue weighted by Crippen LogP contribution is 2.26. The van der Waals surface area contributed by atoms with Crippen LogP contribution in [0, 0.1) is 6.92 Å².